The monoisotopic (exact) mass is 504 g/mol. The van der Waals surface area contributed by atoms with Crippen LogP contribution in [0.25, 0.3) is 27.6 Å². The molecular formula is C24H20ClF3N4O3. The minimum Gasteiger partial charge on any atom is -0.465 e. The van der Waals surface area contributed by atoms with E-state index in [-0.39, 0.29) is 21.8 Å². The molecule has 11 heteroatoms. The number of methoxy groups -OCH3 is 1. The molecule has 5 rings (SSSR count). The van der Waals surface area contributed by atoms with Gasteiger partial charge in [-0.2, -0.15) is 13.2 Å². The first-order chi connectivity index (χ1) is 16.7. The highest BCUT2D eigenvalue weighted by atomic mass is 35.5. The van der Waals surface area contributed by atoms with E-state index in [4.69, 9.17) is 21.1 Å². The summed E-state index contributed by atoms with van der Waals surface area (Å²) in [6.45, 7) is 3.91. The summed E-state index contributed by atoms with van der Waals surface area (Å²) in [5.74, 6) is -0.196. The number of para-hydroxylation sites is 1. The van der Waals surface area contributed by atoms with Crippen molar-refractivity contribution >= 4 is 45.2 Å². The Balaban J connectivity index is 1.86. The van der Waals surface area contributed by atoms with Crippen LogP contribution in [-0.2, 0) is 15.7 Å². The Morgan fingerprint density at radius 2 is 1.86 bits per heavy atom. The van der Waals surface area contributed by atoms with E-state index < -0.39 is 17.8 Å². The predicted molar refractivity (Wildman–Crippen MR) is 125 cm³/mol. The maximum atomic E-state index is 13.8. The number of benzene rings is 2. The zero-order chi connectivity index (χ0) is 24.9. The van der Waals surface area contributed by atoms with Gasteiger partial charge < -0.3 is 14.4 Å². The third-order valence-corrected chi connectivity index (χ3v) is 6.30. The highest BCUT2D eigenvalue weighted by molar-refractivity contribution is 6.35. The number of carbonyl (C=O) groups is 1. The smallest absolute Gasteiger partial charge is 0.433 e. The Morgan fingerprint density at radius 3 is 2.54 bits per heavy atom. The number of hydrogen-bond donors (Lipinski definition) is 0. The molecule has 1 saturated heterocycles. The second-order valence-corrected chi connectivity index (χ2v) is 8.51. The minimum atomic E-state index is -4.69. The summed E-state index contributed by atoms with van der Waals surface area (Å²) >= 11 is 6.25. The first-order valence-electron chi connectivity index (χ1n) is 10.8. The second-order valence-electron chi connectivity index (χ2n) is 8.11. The van der Waals surface area contributed by atoms with Gasteiger partial charge >= 0.3 is 12.1 Å². The van der Waals surface area contributed by atoms with Gasteiger partial charge in [0.1, 0.15) is 17.0 Å². The fourth-order valence-electron chi connectivity index (χ4n) is 4.38. The summed E-state index contributed by atoms with van der Waals surface area (Å²) in [5.41, 5.74) is 0.888. The number of ether oxygens (including phenoxy) is 2. The summed E-state index contributed by atoms with van der Waals surface area (Å²) < 4.78 is 53.4. The second kappa shape index (κ2) is 8.69. The molecule has 1 fully saturated rings. The van der Waals surface area contributed by atoms with Crippen molar-refractivity contribution in [3.05, 3.63) is 58.5 Å². The Kier molecular flexibility index (Phi) is 5.80. The van der Waals surface area contributed by atoms with E-state index in [0.29, 0.717) is 48.5 Å². The van der Waals surface area contributed by atoms with E-state index in [9.17, 15) is 18.0 Å². The van der Waals surface area contributed by atoms with Gasteiger partial charge in [0.15, 0.2) is 0 Å². The van der Waals surface area contributed by atoms with Gasteiger partial charge in [-0.25, -0.2) is 14.8 Å². The molecule has 1 aliphatic heterocycles. The predicted octanol–water partition coefficient (Wildman–Crippen LogP) is 5.18. The molecule has 2 aromatic heterocycles. The average molecular weight is 505 g/mol. The maximum absolute atomic E-state index is 13.8. The third-order valence-electron chi connectivity index (χ3n) is 5.99. The molecule has 4 aromatic rings. The number of halogens is 4. The summed E-state index contributed by atoms with van der Waals surface area (Å²) in [4.78, 5) is 23.1. The Morgan fingerprint density at radius 1 is 1.11 bits per heavy atom. The number of esters is 1. The number of carbonyl (C=O) groups excluding carboxylic acids is 1. The van der Waals surface area contributed by atoms with Crippen LogP contribution >= 0.6 is 11.6 Å². The topological polar surface area (TPSA) is 69.5 Å². The lowest BCUT2D eigenvalue weighted by atomic mass is 10.1. The Bertz CT molecular complexity index is 1460. The molecule has 7 nitrogen and oxygen atoms in total. The Hall–Kier alpha value is -3.37. The molecule has 3 heterocycles. The number of rotatable bonds is 3. The molecular weight excluding hydrogens is 485 g/mol. The van der Waals surface area contributed by atoms with Gasteiger partial charge in [0.05, 0.1) is 47.6 Å². The number of pyridine rings is 1. The van der Waals surface area contributed by atoms with Gasteiger partial charge in [0, 0.05) is 24.2 Å². The molecule has 0 N–H and O–H groups in total. The van der Waals surface area contributed by atoms with E-state index in [2.05, 4.69) is 9.97 Å². The van der Waals surface area contributed by atoms with Crippen LogP contribution in [0.2, 0.25) is 5.02 Å². The first-order valence-corrected chi connectivity index (χ1v) is 11.2. The third kappa shape index (κ3) is 4.06. The van der Waals surface area contributed by atoms with Gasteiger partial charge in [-0.3, -0.25) is 4.57 Å². The van der Waals surface area contributed by atoms with Crippen molar-refractivity contribution in [2.45, 2.75) is 13.1 Å². The van der Waals surface area contributed by atoms with Crippen molar-refractivity contribution in [2.24, 2.45) is 0 Å². The molecule has 0 saturated carbocycles. The lowest BCUT2D eigenvalue weighted by molar-refractivity contribution is -0.140. The largest absolute Gasteiger partial charge is 0.465 e. The summed E-state index contributed by atoms with van der Waals surface area (Å²) in [6.07, 6.45) is -4.69. The standard InChI is InChI=1S/C24H20ClF3N4O3/c1-13-29-22-16(23(33)34-2)10-14(31-6-8-35-9-7-31)11-19(22)32(13)18-12-20(24(26,27)28)30-21-15(18)4-3-5-17(21)25/h3-5,10-12H,6-9H2,1-2H3. The Labute approximate surface area is 203 Å². The maximum Gasteiger partial charge on any atom is 0.433 e. The van der Waals surface area contributed by atoms with Crippen molar-refractivity contribution < 1.29 is 27.4 Å². The fourth-order valence-corrected chi connectivity index (χ4v) is 4.59. The molecule has 0 amide bonds. The first kappa shape index (κ1) is 23.4. The summed E-state index contributed by atoms with van der Waals surface area (Å²) in [7, 11) is 1.27. The highest BCUT2D eigenvalue weighted by Gasteiger charge is 2.34. The van der Waals surface area contributed by atoms with E-state index in [1.807, 2.05) is 11.0 Å². The van der Waals surface area contributed by atoms with E-state index in [1.165, 1.54) is 13.2 Å². The summed E-state index contributed by atoms with van der Waals surface area (Å²) in [5, 5.41) is 0.519. The number of aryl methyl sites for hydroxylation is 1. The van der Waals surface area contributed by atoms with Crippen LogP contribution in [0.15, 0.2) is 36.4 Å². The van der Waals surface area contributed by atoms with Gasteiger partial charge in [-0.15, -0.1) is 0 Å². The minimum absolute atomic E-state index is 0.0257. The number of imidazole rings is 1. The fraction of sp³-hybridized carbons (Fsp3) is 0.292. The van der Waals surface area contributed by atoms with Crippen LogP contribution in [0.1, 0.15) is 21.9 Å². The number of fused-ring (bicyclic) bond motifs is 2. The van der Waals surface area contributed by atoms with Gasteiger partial charge in [-0.1, -0.05) is 23.7 Å². The molecule has 0 bridgehead atoms. The van der Waals surface area contributed by atoms with Crippen molar-refractivity contribution in [1.29, 1.82) is 0 Å². The van der Waals surface area contributed by atoms with Crippen molar-refractivity contribution in [2.75, 3.05) is 38.3 Å². The van der Waals surface area contributed by atoms with Crippen LogP contribution in [0, 0.1) is 6.92 Å². The van der Waals surface area contributed by atoms with E-state index >= 15 is 0 Å². The van der Waals surface area contributed by atoms with Crippen molar-refractivity contribution in [3.8, 4) is 5.69 Å². The number of nitrogens with zero attached hydrogens (tertiary/aromatic N) is 4. The molecule has 35 heavy (non-hydrogen) atoms. The zero-order valence-corrected chi connectivity index (χ0v) is 19.6. The number of anilines is 1. The molecule has 0 unspecified atom stereocenters. The summed E-state index contributed by atoms with van der Waals surface area (Å²) in [6, 6.07) is 9.28. The molecule has 0 atom stereocenters. The number of alkyl halides is 3. The molecule has 2 aromatic carbocycles. The number of aromatic nitrogens is 3. The lowest BCUT2D eigenvalue weighted by Gasteiger charge is -2.29. The van der Waals surface area contributed by atoms with Crippen LogP contribution in [0.3, 0.4) is 0 Å². The molecule has 0 aliphatic carbocycles. The number of hydrogen-bond acceptors (Lipinski definition) is 6. The molecule has 182 valence electrons. The molecule has 0 spiro atoms. The SMILES string of the molecule is COC(=O)c1cc(N2CCOCC2)cc2c1nc(C)n2-c1cc(C(F)(F)F)nc2c(Cl)cccc12. The van der Waals surface area contributed by atoms with E-state index in [0.717, 1.165) is 11.8 Å². The van der Waals surface area contributed by atoms with Crippen molar-refractivity contribution in [3.63, 3.8) is 0 Å². The lowest BCUT2D eigenvalue weighted by Crippen LogP contribution is -2.36. The highest BCUT2D eigenvalue weighted by Crippen LogP contribution is 2.37. The van der Waals surface area contributed by atoms with E-state index in [1.54, 1.807) is 29.7 Å². The molecule has 0 radical (unpaired) electrons. The van der Waals surface area contributed by atoms with Crippen LogP contribution in [0.5, 0.6) is 0 Å². The van der Waals surface area contributed by atoms with Gasteiger partial charge in [-0.05, 0) is 31.2 Å². The van der Waals surface area contributed by atoms with Crippen LogP contribution < -0.4 is 4.90 Å². The average Bonchev–Trinajstić information content (AvgIpc) is 3.18. The van der Waals surface area contributed by atoms with Crippen LogP contribution in [-0.4, -0.2) is 53.9 Å². The quantitative estimate of drug-likeness (QED) is 0.358. The number of morpholine rings is 1. The van der Waals surface area contributed by atoms with Gasteiger partial charge in [0.2, 0.25) is 0 Å². The molecule has 1 aliphatic rings. The van der Waals surface area contributed by atoms with Crippen molar-refractivity contribution in [1.82, 2.24) is 14.5 Å². The normalized spacial score (nSPS) is 14.6. The van der Waals surface area contributed by atoms with Gasteiger partial charge in [0.25, 0.3) is 0 Å². The van der Waals surface area contributed by atoms with Crippen LogP contribution in [0.4, 0.5) is 18.9 Å². The zero-order valence-electron chi connectivity index (χ0n) is 18.8.